The Labute approximate surface area is 111 Å². The first-order valence-electron chi connectivity index (χ1n) is 6.72. The molecule has 1 heterocycles. The molecule has 0 aromatic carbocycles. The fourth-order valence-corrected chi connectivity index (χ4v) is 2.33. The summed E-state index contributed by atoms with van der Waals surface area (Å²) in [4.78, 5) is 16.3. The number of likely N-dealkylation sites (N-methyl/N-ethyl adjacent to an activating group) is 1. The molecule has 104 valence electrons. The SMILES string of the molecule is C=C(C)CN(CC)CC(=O)N1CC(C)OC(C)C1. The summed E-state index contributed by atoms with van der Waals surface area (Å²) < 4.78 is 5.64. The lowest BCUT2D eigenvalue weighted by molar-refractivity contribution is -0.144. The van der Waals surface area contributed by atoms with Crippen molar-refractivity contribution in [3.63, 3.8) is 0 Å². The molecule has 0 saturated carbocycles. The third-order valence-electron chi connectivity index (χ3n) is 3.07. The van der Waals surface area contributed by atoms with Crippen LogP contribution in [0.3, 0.4) is 0 Å². The fourth-order valence-electron chi connectivity index (χ4n) is 2.33. The molecule has 1 aliphatic heterocycles. The van der Waals surface area contributed by atoms with E-state index in [2.05, 4.69) is 18.4 Å². The number of amides is 1. The highest BCUT2D eigenvalue weighted by Crippen LogP contribution is 2.11. The van der Waals surface area contributed by atoms with Crippen LogP contribution in [0, 0.1) is 0 Å². The number of ether oxygens (including phenoxy) is 1. The molecule has 4 heteroatoms. The molecule has 0 aliphatic carbocycles. The molecule has 0 radical (unpaired) electrons. The van der Waals surface area contributed by atoms with E-state index in [1.54, 1.807) is 0 Å². The zero-order chi connectivity index (χ0) is 13.7. The van der Waals surface area contributed by atoms with Gasteiger partial charge in [0.25, 0.3) is 0 Å². The standard InChI is InChI=1S/C14H26N2O2/c1-6-15(7-11(2)3)10-14(17)16-8-12(4)18-13(5)9-16/h12-13H,2,6-10H2,1,3-5H3. The van der Waals surface area contributed by atoms with Crippen LogP contribution in [0.15, 0.2) is 12.2 Å². The Morgan fingerprint density at radius 1 is 1.33 bits per heavy atom. The molecule has 1 aliphatic rings. The van der Waals surface area contributed by atoms with Crippen molar-refractivity contribution in [2.75, 3.05) is 32.7 Å². The molecule has 1 fully saturated rings. The zero-order valence-electron chi connectivity index (χ0n) is 12.1. The number of nitrogens with zero attached hydrogens (tertiary/aromatic N) is 2. The first-order chi connectivity index (χ1) is 8.42. The molecule has 0 aromatic rings. The number of hydrogen-bond donors (Lipinski definition) is 0. The highest BCUT2D eigenvalue weighted by Gasteiger charge is 2.26. The molecule has 1 rings (SSSR count). The van der Waals surface area contributed by atoms with Gasteiger partial charge in [-0.25, -0.2) is 0 Å². The van der Waals surface area contributed by atoms with Gasteiger partial charge in [0.2, 0.25) is 5.91 Å². The maximum atomic E-state index is 12.2. The molecule has 2 atom stereocenters. The summed E-state index contributed by atoms with van der Waals surface area (Å²) in [6.45, 7) is 15.5. The van der Waals surface area contributed by atoms with Crippen molar-refractivity contribution in [3.05, 3.63) is 12.2 Å². The van der Waals surface area contributed by atoms with E-state index in [0.717, 1.165) is 18.7 Å². The molecule has 0 bridgehead atoms. The highest BCUT2D eigenvalue weighted by atomic mass is 16.5. The van der Waals surface area contributed by atoms with Crippen LogP contribution in [0.2, 0.25) is 0 Å². The second-order valence-electron chi connectivity index (χ2n) is 5.32. The van der Waals surface area contributed by atoms with Gasteiger partial charge in [-0.05, 0) is 27.3 Å². The van der Waals surface area contributed by atoms with E-state index < -0.39 is 0 Å². The Morgan fingerprint density at radius 2 is 1.89 bits per heavy atom. The summed E-state index contributed by atoms with van der Waals surface area (Å²) in [5.41, 5.74) is 1.09. The lowest BCUT2D eigenvalue weighted by Crippen LogP contribution is -2.51. The average Bonchev–Trinajstić information content (AvgIpc) is 2.26. The van der Waals surface area contributed by atoms with Crippen LogP contribution in [0.5, 0.6) is 0 Å². The third kappa shape index (κ3) is 4.78. The van der Waals surface area contributed by atoms with E-state index in [4.69, 9.17) is 4.74 Å². The van der Waals surface area contributed by atoms with Crippen LogP contribution < -0.4 is 0 Å². The summed E-state index contributed by atoms with van der Waals surface area (Å²) in [5.74, 6) is 0.195. The number of rotatable bonds is 5. The van der Waals surface area contributed by atoms with Crippen molar-refractivity contribution >= 4 is 5.91 Å². The van der Waals surface area contributed by atoms with Crippen molar-refractivity contribution in [1.82, 2.24) is 9.80 Å². The van der Waals surface area contributed by atoms with Crippen LogP contribution >= 0.6 is 0 Å². The van der Waals surface area contributed by atoms with Gasteiger partial charge >= 0.3 is 0 Å². The van der Waals surface area contributed by atoms with Crippen molar-refractivity contribution in [1.29, 1.82) is 0 Å². The van der Waals surface area contributed by atoms with Crippen molar-refractivity contribution < 1.29 is 9.53 Å². The maximum absolute atomic E-state index is 12.2. The van der Waals surface area contributed by atoms with Gasteiger partial charge in [-0.1, -0.05) is 19.1 Å². The lowest BCUT2D eigenvalue weighted by atomic mass is 10.2. The normalized spacial score (nSPS) is 24.4. The highest BCUT2D eigenvalue weighted by molar-refractivity contribution is 5.78. The van der Waals surface area contributed by atoms with E-state index in [9.17, 15) is 4.79 Å². The first kappa shape index (κ1) is 15.2. The van der Waals surface area contributed by atoms with Gasteiger partial charge < -0.3 is 9.64 Å². The van der Waals surface area contributed by atoms with E-state index in [1.807, 2.05) is 25.7 Å². The maximum Gasteiger partial charge on any atom is 0.236 e. The quantitative estimate of drug-likeness (QED) is 0.697. The molecule has 2 unspecified atom stereocenters. The minimum atomic E-state index is 0.133. The van der Waals surface area contributed by atoms with Gasteiger partial charge in [0, 0.05) is 19.6 Å². The number of carbonyl (C=O) groups is 1. The molecule has 0 spiro atoms. The van der Waals surface area contributed by atoms with E-state index >= 15 is 0 Å². The zero-order valence-corrected chi connectivity index (χ0v) is 12.1. The Bertz CT molecular complexity index is 294. The van der Waals surface area contributed by atoms with Crippen LogP contribution in [0.1, 0.15) is 27.7 Å². The minimum Gasteiger partial charge on any atom is -0.372 e. The Balaban J connectivity index is 2.50. The second-order valence-corrected chi connectivity index (χ2v) is 5.32. The minimum absolute atomic E-state index is 0.133. The van der Waals surface area contributed by atoms with E-state index in [1.165, 1.54) is 0 Å². The van der Waals surface area contributed by atoms with Crippen LogP contribution in [-0.2, 0) is 9.53 Å². The number of morpholine rings is 1. The number of hydrogen-bond acceptors (Lipinski definition) is 3. The van der Waals surface area contributed by atoms with Crippen LogP contribution in [0.25, 0.3) is 0 Å². The second kappa shape index (κ2) is 6.90. The molecule has 0 aromatic heterocycles. The monoisotopic (exact) mass is 254 g/mol. The summed E-state index contributed by atoms with van der Waals surface area (Å²) in [6.07, 6.45) is 0.267. The molecule has 0 N–H and O–H groups in total. The third-order valence-corrected chi connectivity index (χ3v) is 3.07. The lowest BCUT2D eigenvalue weighted by Gasteiger charge is -2.36. The van der Waals surface area contributed by atoms with Gasteiger partial charge in [0.15, 0.2) is 0 Å². The van der Waals surface area contributed by atoms with Crippen molar-refractivity contribution in [2.45, 2.75) is 39.9 Å². The predicted molar refractivity (Wildman–Crippen MR) is 73.5 cm³/mol. The van der Waals surface area contributed by atoms with Gasteiger partial charge in [-0.15, -0.1) is 0 Å². The predicted octanol–water partition coefficient (Wildman–Crippen LogP) is 1.52. The van der Waals surface area contributed by atoms with Crippen LogP contribution in [0.4, 0.5) is 0 Å². The Hall–Kier alpha value is -0.870. The van der Waals surface area contributed by atoms with Crippen LogP contribution in [-0.4, -0.2) is 60.6 Å². The molecule has 1 amide bonds. The van der Waals surface area contributed by atoms with Crippen molar-refractivity contribution in [3.8, 4) is 0 Å². The largest absolute Gasteiger partial charge is 0.372 e. The summed E-state index contributed by atoms with van der Waals surface area (Å²) in [6, 6.07) is 0. The summed E-state index contributed by atoms with van der Waals surface area (Å²) >= 11 is 0. The topological polar surface area (TPSA) is 32.8 Å². The van der Waals surface area contributed by atoms with Gasteiger partial charge in [-0.2, -0.15) is 0 Å². The first-order valence-corrected chi connectivity index (χ1v) is 6.72. The van der Waals surface area contributed by atoms with Gasteiger partial charge in [0.1, 0.15) is 0 Å². The van der Waals surface area contributed by atoms with Crippen molar-refractivity contribution in [2.24, 2.45) is 0 Å². The fraction of sp³-hybridized carbons (Fsp3) is 0.786. The Morgan fingerprint density at radius 3 is 2.33 bits per heavy atom. The van der Waals surface area contributed by atoms with Gasteiger partial charge in [0.05, 0.1) is 18.8 Å². The van der Waals surface area contributed by atoms with Gasteiger partial charge in [-0.3, -0.25) is 9.69 Å². The number of carbonyl (C=O) groups excluding carboxylic acids is 1. The molecule has 18 heavy (non-hydrogen) atoms. The van der Waals surface area contributed by atoms with E-state index in [-0.39, 0.29) is 18.1 Å². The summed E-state index contributed by atoms with van der Waals surface area (Å²) in [5, 5.41) is 0. The Kier molecular flexibility index (Phi) is 5.82. The smallest absolute Gasteiger partial charge is 0.236 e. The molecule has 4 nitrogen and oxygen atoms in total. The summed E-state index contributed by atoms with van der Waals surface area (Å²) in [7, 11) is 0. The average molecular weight is 254 g/mol. The molecule has 1 saturated heterocycles. The molecular weight excluding hydrogens is 228 g/mol. The molecular formula is C14H26N2O2. The van der Waals surface area contributed by atoms with E-state index in [0.29, 0.717) is 19.6 Å².